The lowest BCUT2D eigenvalue weighted by atomic mass is 9.96. The average molecular weight is 380 g/mol. The van der Waals surface area contributed by atoms with Crippen LogP contribution in [-0.2, 0) is 4.79 Å². The summed E-state index contributed by atoms with van der Waals surface area (Å²) in [5.74, 6) is -0.418. The van der Waals surface area contributed by atoms with Crippen LogP contribution in [0.4, 0.5) is 18.9 Å². The molecule has 0 aliphatic carbocycles. The minimum Gasteiger partial charge on any atom is -0.326 e. The van der Waals surface area contributed by atoms with Crippen LogP contribution in [-0.4, -0.2) is 46.4 Å². The second-order valence-electron chi connectivity index (χ2n) is 7.04. The minimum absolute atomic E-state index is 0.146. The number of piperidine rings is 1. The van der Waals surface area contributed by atoms with Gasteiger partial charge in [-0.15, -0.1) is 0 Å². The molecule has 146 valence electrons. The van der Waals surface area contributed by atoms with Gasteiger partial charge in [0.15, 0.2) is 0 Å². The summed E-state index contributed by atoms with van der Waals surface area (Å²) in [6.45, 7) is 3.53. The Hall–Kier alpha value is -2.35. The van der Waals surface area contributed by atoms with Crippen LogP contribution < -0.4 is 5.32 Å². The van der Waals surface area contributed by atoms with Gasteiger partial charge in [0.1, 0.15) is 0 Å². The Bertz CT molecular complexity index is 808. The molecule has 0 radical (unpaired) electrons. The highest BCUT2D eigenvalue weighted by Crippen LogP contribution is 2.24. The molecular formula is C19H23F3N4O. The van der Waals surface area contributed by atoms with E-state index in [0.717, 1.165) is 17.1 Å². The highest BCUT2D eigenvalue weighted by atomic mass is 19.4. The predicted octanol–water partition coefficient (Wildman–Crippen LogP) is 3.70. The first-order valence-electron chi connectivity index (χ1n) is 8.95. The van der Waals surface area contributed by atoms with E-state index in [0.29, 0.717) is 18.5 Å². The molecule has 1 saturated heterocycles. The van der Waals surface area contributed by atoms with Crippen molar-refractivity contribution in [3.63, 3.8) is 0 Å². The molecule has 1 aliphatic heterocycles. The fourth-order valence-corrected chi connectivity index (χ4v) is 3.46. The summed E-state index contributed by atoms with van der Waals surface area (Å²) in [4.78, 5) is 13.9. The number of hydrogen-bond acceptors (Lipinski definition) is 3. The van der Waals surface area contributed by atoms with Crippen LogP contribution in [0, 0.1) is 19.8 Å². The zero-order valence-electron chi connectivity index (χ0n) is 15.4. The van der Waals surface area contributed by atoms with E-state index in [1.807, 2.05) is 38.1 Å². The summed E-state index contributed by atoms with van der Waals surface area (Å²) in [6, 6.07) is 9.36. The van der Waals surface area contributed by atoms with Crippen LogP contribution >= 0.6 is 0 Å². The van der Waals surface area contributed by atoms with Crippen molar-refractivity contribution in [3.8, 4) is 5.69 Å². The molecule has 27 heavy (non-hydrogen) atoms. The molecule has 1 fully saturated rings. The van der Waals surface area contributed by atoms with Gasteiger partial charge in [-0.25, -0.2) is 4.68 Å². The van der Waals surface area contributed by atoms with E-state index < -0.39 is 12.7 Å². The number of carbonyl (C=O) groups is 1. The lowest BCUT2D eigenvalue weighted by Crippen LogP contribution is -2.42. The molecule has 0 atom stereocenters. The zero-order chi connectivity index (χ0) is 19.6. The molecule has 1 N–H and O–H groups in total. The molecule has 0 spiro atoms. The maximum absolute atomic E-state index is 12.5. The normalized spacial score (nSPS) is 16.5. The Kier molecular flexibility index (Phi) is 5.55. The number of rotatable bonds is 4. The third-order valence-electron chi connectivity index (χ3n) is 4.73. The van der Waals surface area contributed by atoms with Crippen molar-refractivity contribution >= 4 is 11.6 Å². The summed E-state index contributed by atoms with van der Waals surface area (Å²) in [6.07, 6.45) is -3.34. The molecule has 1 amide bonds. The Morgan fingerprint density at radius 1 is 1.22 bits per heavy atom. The van der Waals surface area contributed by atoms with Gasteiger partial charge in [0.25, 0.3) is 0 Å². The number of nitrogens with zero attached hydrogens (tertiary/aromatic N) is 3. The van der Waals surface area contributed by atoms with E-state index in [2.05, 4.69) is 10.4 Å². The Balaban J connectivity index is 1.60. The maximum Gasteiger partial charge on any atom is 0.401 e. The van der Waals surface area contributed by atoms with E-state index in [-0.39, 0.29) is 24.9 Å². The number of amides is 1. The van der Waals surface area contributed by atoms with Gasteiger partial charge in [-0.2, -0.15) is 18.3 Å². The molecule has 0 saturated carbocycles. The van der Waals surface area contributed by atoms with Crippen molar-refractivity contribution < 1.29 is 18.0 Å². The van der Waals surface area contributed by atoms with Crippen molar-refractivity contribution in [2.75, 3.05) is 25.0 Å². The van der Waals surface area contributed by atoms with Crippen LogP contribution in [0.2, 0.25) is 0 Å². The SMILES string of the molecule is Cc1cc(C)n(-c2cccc(NC(=O)C3CCN(CC(F)(F)F)CC3)c2)n1. The summed E-state index contributed by atoms with van der Waals surface area (Å²) in [5.41, 5.74) is 3.40. The van der Waals surface area contributed by atoms with Crippen LogP contribution in [0.1, 0.15) is 24.2 Å². The largest absolute Gasteiger partial charge is 0.401 e. The summed E-state index contributed by atoms with van der Waals surface area (Å²) < 4.78 is 39.2. The first-order chi connectivity index (χ1) is 12.7. The standard InChI is InChI=1S/C19H23F3N4O/c1-13-10-14(2)26(24-13)17-5-3-4-16(11-17)23-18(27)15-6-8-25(9-7-15)12-19(20,21)22/h3-5,10-11,15H,6-9,12H2,1-2H3,(H,23,27). The Morgan fingerprint density at radius 2 is 1.93 bits per heavy atom. The number of aromatic nitrogens is 2. The van der Waals surface area contributed by atoms with E-state index in [1.165, 1.54) is 4.90 Å². The summed E-state index contributed by atoms with van der Waals surface area (Å²) in [5, 5.41) is 7.32. The van der Waals surface area contributed by atoms with Crippen molar-refractivity contribution in [1.29, 1.82) is 0 Å². The molecule has 1 aliphatic rings. The Labute approximate surface area is 156 Å². The first kappa shape index (κ1) is 19.4. The molecule has 0 unspecified atom stereocenters. The number of aryl methyl sites for hydroxylation is 2. The van der Waals surface area contributed by atoms with Gasteiger partial charge in [-0.3, -0.25) is 9.69 Å². The van der Waals surface area contributed by atoms with Crippen molar-refractivity contribution in [2.45, 2.75) is 32.9 Å². The van der Waals surface area contributed by atoms with E-state index >= 15 is 0 Å². The number of hydrogen-bond donors (Lipinski definition) is 1. The van der Waals surface area contributed by atoms with E-state index in [4.69, 9.17) is 0 Å². The molecule has 1 aromatic heterocycles. The fourth-order valence-electron chi connectivity index (χ4n) is 3.46. The highest BCUT2D eigenvalue weighted by Gasteiger charge is 2.33. The number of anilines is 1. The van der Waals surface area contributed by atoms with Gasteiger partial charge in [0.05, 0.1) is 17.9 Å². The molecule has 5 nitrogen and oxygen atoms in total. The van der Waals surface area contributed by atoms with Crippen molar-refractivity contribution in [3.05, 3.63) is 41.7 Å². The van der Waals surface area contributed by atoms with E-state index in [9.17, 15) is 18.0 Å². The third kappa shape index (κ3) is 5.09. The van der Waals surface area contributed by atoms with Gasteiger partial charge in [-0.05, 0) is 64.0 Å². The second-order valence-corrected chi connectivity index (χ2v) is 7.04. The highest BCUT2D eigenvalue weighted by molar-refractivity contribution is 5.92. The van der Waals surface area contributed by atoms with E-state index in [1.54, 1.807) is 10.7 Å². The van der Waals surface area contributed by atoms with Crippen LogP contribution in [0.5, 0.6) is 0 Å². The third-order valence-corrected chi connectivity index (χ3v) is 4.73. The van der Waals surface area contributed by atoms with Crippen LogP contribution in [0.15, 0.2) is 30.3 Å². The predicted molar refractivity (Wildman–Crippen MR) is 96.9 cm³/mol. The fraction of sp³-hybridized carbons (Fsp3) is 0.474. The minimum atomic E-state index is -4.20. The van der Waals surface area contributed by atoms with Gasteiger partial charge >= 0.3 is 6.18 Å². The number of benzene rings is 1. The van der Waals surface area contributed by atoms with Gasteiger partial charge in [0, 0.05) is 17.3 Å². The van der Waals surface area contributed by atoms with Gasteiger partial charge in [0.2, 0.25) is 5.91 Å². The van der Waals surface area contributed by atoms with Gasteiger partial charge < -0.3 is 5.32 Å². The number of alkyl halides is 3. The zero-order valence-corrected chi connectivity index (χ0v) is 15.4. The number of halogens is 3. The topological polar surface area (TPSA) is 50.2 Å². The lowest BCUT2D eigenvalue weighted by Gasteiger charge is -2.31. The van der Waals surface area contributed by atoms with Crippen LogP contribution in [0.25, 0.3) is 5.69 Å². The number of carbonyl (C=O) groups excluding carboxylic acids is 1. The second kappa shape index (κ2) is 7.72. The lowest BCUT2D eigenvalue weighted by molar-refractivity contribution is -0.149. The maximum atomic E-state index is 12.5. The Morgan fingerprint density at radius 3 is 2.52 bits per heavy atom. The molecule has 3 rings (SSSR count). The molecule has 8 heteroatoms. The summed E-state index contributed by atoms with van der Waals surface area (Å²) >= 11 is 0. The average Bonchev–Trinajstić information content (AvgIpc) is 2.92. The monoisotopic (exact) mass is 380 g/mol. The smallest absolute Gasteiger partial charge is 0.326 e. The first-order valence-corrected chi connectivity index (χ1v) is 8.95. The summed E-state index contributed by atoms with van der Waals surface area (Å²) in [7, 11) is 0. The quantitative estimate of drug-likeness (QED) is 0.880. The molecule has 2 heterocycles. The number of likely N-dealkylation sites (tertiary alicyclic amines) is 1. The number of nitrogens with one attached hydrogen (secondary N) is 1. The molecular weight excluding hydrogens is 357 g/mol. The van der Waals surface area contributed by atoms with Crippen LogP contribution in [0.3, 0.4) is 0 Å². The van der Waals surface area contributed by atoms with Crippen molar-refractivity contribution in [1.82, 2.24) is 14.7 Å². The molecule has 2 aromatic rings. The van der Waals surface area contributed by atoms with Crippen molar-refractivity contribution in [2.24, 2.45) is 5.92 Å². The van der Waals surface area contributed by atoms with Gasteiger partial charge in [-0.1, -0.05) is 6.07 Å². The molecule has 1 aromatic carbocycles. The molecule has 0 bridgehead atoms.